The van der Waals surface area contributed by atoms with E-state index < -0.39 is 0 Å². The summed E-state index contributed by atoms with van der Waals surface area (Å²) < 4.78 is 2.37. The fourth-order valence-electron chi connectivity index (χ4n) is 8.42. The molecule has 0 spiro atoms. The third kappa shape index (κ3) is 4.76. The first-order valence-corrected chi connectivity index (χ1v) is 18.1. The Morgan fingerprint density at radius 1 is 0.404 bits per heavy atom. The summed E-state index contributed by atoms with van der Waals surface area (Å²) in [5.41, 5.74) is 16.9. The van der Waals surface area contributed by atoms with Crippen LogP contribution in [0.2, 0.25) is 0 Å². The Bertz CT molecular complexity index is 2790. The number of pyridine rings is 1. The minimum Gasteiger partial charge on any atom is -0.293 e. The number of hydrogen-bond acceptors (Lipinski definition) is 1. The average Bonchev–Trinajstić information content (AvgIpc) is 3.66. The van der Waals surface area contributed by atoms with Gasteiger partial charge in [-0.2, -0.15) is 0 Å². The van der Waals surface area contributed by atoms with Gasteiger partial charge in [0, 0.05) is 27.3 Å². The van der Waals surface area contributed by atoms with Crippen molar-refractivity contribution in [3.63, 3.8) is 0 Å². The predicted molar refractivity (Wildman–Crippen MR) is 218 cm³/mol. The van der Waals surface area contributed by atoms with Crippen molar-refractivity contribution in [2.45, 2.75) is 19.3 Å². The van der Waals surface area contributed by atoms with Crippen LogP contribution in [-0.2, 0) is 5.41 Å². The molecule has 0 amide bonds. The SMILES string of the molecule is CC1(C)c2ccccc2-c2cc(-c3ccc4c(c3)c3cc(-c5ccccc5)cc(-c5ccccc5)c3n4-c3cccc(-c4ccccc4)n3)ccc21. The first-order valence-electron chi connectivity index (χ1n) is 18.1. The largest absolute Gasteiger partial charge is 0.293 e. The summed E-state index contributed by atoms with van der Waals surface area (Å²) >= 11 is 0. The van der Waals surface area contributed by atoms with Crippen molar-refractivity contribution in [3.8, 4) is 61.6 Å². The van der Waals surface area contributed by atoms with Crippen LogP contribution in [0.15, 0.2) is 182 Å². The Kier molecular flexibility index (Phi) is 6.87. The van der Waals surface area contributed by atoms with E-state index in [9.17, 15) is 0 Å². The number of benzene rings is 7. The smallest absolute Gasteiger partial charge is 0.138 e. The zero-order valence-corrected chi connectivity index (χ0v) is 29.2. The van der Waals surface area contributed by atoms with Gasteiger partial charge in [-0.3, -0.25) is 4.57 Å². The zero-order valence-electron chi connectivity index (χ0n) is 29.2. The maximum Gasteiger partial charge on any atom is 0.138 e. The molecular formula is C50H36N2. The van der Waals surface area contributed by atoms with E-state index >= 15 is 0 Å². The van der Waals surface area contributed by atoms with Crippen molar-refractivity contribution >= 4 is 21.8 Å². The molecular weight excluding hydrogens is 629 g/mol. The van der Waals surface area contributed by atoms with Gasteiger partial charge in [-0.05, 0) is 92.5 Å². The molecule has 10 rings (SSSR count). The Labute approximate surface area is 304 Å². The number of fused-ring (bicyclic) bond motifs is 6. The van der Waals surface area contributed by atoms with Gasteiger partial charge in [-0.1, -0.05) is 153 Å². The second kappa shape index (κ2) is 11.8. The maximum absolute atomic E-state index is 5.32. The number of aromatic nitrogens is 2. The maximum atomic E-state index is 5.32. The standard InChI is InChI=1S/C50H36N2/c1-50(2)44-22-13-12-21-39(44)41-29-36(25-27-45(41)50)37-26-28-47-42(30-37)43-32-38(33-15-6-3-7-16-33)31-40(34-17-8-4-9-18-34)49(43)52(47)48-24-14-23-46(51-48)35-19-10-5-11-20-35/h3-32H,1-2H3. The van der Waals surface area contributed by atoms with Gasteiger partial charge < -0.3 is 0 Å². The summed E-state index contributed by atoms with van der Waals surface area (Å²) in [5, 5.41) is 2.41. The van der Waals surface area contributed by atoms with Gasteiger partial charge in [0.25, 0.3) is 0 Å². The summed E-state index contributed by atoms with van der Waals surface area (Å²) in [6.45, 7) is 4.68. The highest BCUT2D eigenvalue weighted by molar-refractivity contribution is 6.16. The van der Waals surface area contributed by atoms with Gasteiger partial charge in [-0.15, -0.1) is 0 Å². The van der Waals surface area contributed by atoms with E-state index in [0.717, 1.165) is 28.1 Å². The summed E-state index contributed by atoms with van der Waals surface area (Å²) in [5.74, 6) is 0.898. The first-order chi connectivity index (χ1) is 25.5. The van der Waals surface area contributed by atoms with Gasteiger partial charge in [0.1, 0.15) is 5.82 Å². The van der Waals surface area contributed by atoms with E-state index in [-0.39, 0.29) is 5.41 Å². The lowest BCUT2D eigenvalue weighted by molar-refractivity contribution is 0.660. The van der Waals surface area contributed by atoms with Crippen molar-refractivity contribution in [1.82, 2.24) is 9.55 Å². The van der Waals surface area contributed by atoms with Gasteiger partial charge in [0.2, 0.25) is 0 Å². The van der Waals surface area contributed by atoms with Crippen LogP contribution >= 0.6 is 0 Å². The highest BCUT2D eigenvalue weighted by Gasteiger charge is 2.35. The van der Waals surface area contributed by atoms with Crippen LogP contribution in [0.1, 0.15) is 25.0 Å². The average molecular weight is 665 g/mol. The molecule has 246 valence electrons. The molecule has 1 aliphatic carbocycles. The molecule has 0 saturated heterocycles. The number of hydrogen-bond donors (Lipinski definition) is 0. The van der Waals surface area contributed by atoms with Crippen LogP contribution in [0.3, 0.4) is 0 Å². The Hall–Kier alpha value is -6.51. The van der Waals surface area contributed by atoms with Crippen molar-refractivity contribution < 1.29 is 0 Å². The molecule has 52 heavy (non-hydrogen) atoms. The molecule has 0 fully saturated rings. The molecule has 7 aromatic carbocycles. The van der Waals surface area contributed by atoms with E-state index in [2.05, 4.69) is 200 Å². The Morgan fingerprint density at radius 2 is 1.00 bits per heavy atom. The van der Waals surface area contributed by atoms with E-state index in [1.54, 1.807) is 0 Å². The van der Waals surface area contributed by atoms with Gasteiger partial charge in [0.15, 0.2) is 0 Å². The van der Waals surface area contributed by atoms with Crippen molar-refractivity contribution in [3.05, 3.63) is 193 Å². The normalized spacial score (nSPS) is 13.0. The quantitative estimate of drug-likeness (QED) is 0.179. The van der Waals surface area contributed by atoms with E-state index in [0.29, 0.717) is 0 Å². The van der Waals surface area contributed by atoms with Crippen molar-refractivity contribution in [1.29, 1.82) is 0 Å². The third-order valence-corrected chi connectivity index (χ3v) is 11.0. The predicted octanol–water partition coefficient (Wildman–Crippen LogP) is 13.2. The second-order valence-corrected chi connectivity index (χ2v) is 14.4. The van der Waals surface area contributed by atoms with Gasteiger partial charge >= 0.3 is 0 Å². The van der Waals surface area contributed by atoms with E-state index in [4.69, 9.17) is 4.98 Å². The summed E-state index contributed by atoms with van der Waals surface area (Å²) in [6.07, 6.45) is 0. The van der Waals surface area contributed by atoms with Crippen molar-refractivity contribution in [2.24, 2.45) is 0 Å². The molecule has 2 heterocycles. The molecule has 0 aliphatic heterocycles. The Morgan fingerprint density at radius 3 is 1.77 bits per heavy atom. The monoisotopic (exact) mass is 664 g/mol. The summed E-state index contributed by atoms with van der Waals surface area (Å²) in [6, 6.07) is 66.0. The van der Waals surface area contributed by atoms with Crippen LogP contribution < -0.4 is 0 Å². The van der Waals surface area contributed by atoms with Crippen LogP contribution in [0, 0.1) is 0 Å². The fourth-order valence-corrected chi connectivity index (χ4v) is 8.42. The second-order valence-electron chi connectivity index (χ2n) is 14.4. The molecule has 0 radical (unpaired) electrons. The van der Waals surface area contributed by atoms with E-state index in [1.165, 1.54) is 66.4 Å². The number of nitrogens with zero attached hydrogens (tertiary/aromatic N) is 2. The summed E-state index contributed by atoms with van der Waals surface area (Å²) in [7, 11) is 0. The molecule has 0 N–H and O–H groups in total. The minimum atomic E-state index is -0.0230. The molecule has 0 saturated carbocycles. The van der Waals surface area contributed by atoms with Crippen LogP contribution in [-0.4, -0.2) is 9.55 Å². The van der Waals surface area contributed by atoms with Crippen LogP contribution in [0.5, 0.6) is 0 Å². The molecule has 2 nitrogen and oxygen atoms in total. The zero-order chi connectivity index (χ0) is 34.8. The molecule has 0 unspecified atom stereocenters. The molecule has 1 aliphatic rings. The minimum absolute atomic E-state index is 0.0230. The highest BCUT2D eigenvalue weighted by atomic mass is 15.1. The molecule has 0 bridgehead atoms. The van der Waals surface area contributed by atoms with E-state index in [1.807, 2.05) is 0 Å². The molecule has 2 heteroatoms. The number of rotatable bonds is 5. The molecule has 9 aromatic rings. The van der Waals surface area contributed by atoms with Crippen molar-refractivity contribution in [2.75, 3.05) is 0 Å². The van der Waals surface area contributed by atoms with Gasteiger partial charge in [-0.25, -0.2) is 4.98 Å². The Balaban J connectivity index is 1.26. The van der Waals surface area contributed by atoms with Crippen LogP contribution in [0.25, 0.3) is 83.4 Å². The fraction of sp³-hybridized carbons (Fsp3) is 0.0600. The third-order valence-electron chi connectivity index (χ3n) is 11.0. The van der Waals surface area contributed by atoms with Gasteiger partial charge in [0.05, 0.1) is 16.7 Å². The highest BCUT2D eigenvalue weighted by Crippen LogP contribution is 2.50. The lowest BCUT2D eigenvalue weighted by Crippen LogP contribution is -2.14. The molecule has 0 atom stereocenters. The molecule has 2 aromatic heterocycles. The first kappa shape index (κ1) is 30.3. The lowest BCUT2D eigenvalue weighted by atomic mass is 9.82. The topological polar surface area (TPSA) is 17.8 Å². The lowest BCUT2D eigenvalue weighted by Gasteiger charge is -2.21. The summed E-state index contributed by atoms with van der Waals surface area (Å²) in [4.78, 5) is 5.32. The van der Waals surface area contributed by atoms with Crippen LogP contribution in [0.4, 0.5) is 0 Å².